The van der Waals surface area contributed by atoms with Crippen molar-refractivity contribution in [3.8, 4) is 5.75 Å². The maximum atomic E-state index is 12.7. The summed E-state index contributed by atoms with van der Waals surface area (Å²) < 4.78 is 33.0. The molecular weight excluding hydrogens is 404 g/mol. The Bertz CT molecular complexity index is 937. The van der Waals surface area contributed by atoms with Gasteiger partial charge in [0.1, 0.15) is 5.75 Å². The van der Waals surface area contributed by atoms with E-state index in [1.165, 1.54) is 7.11 Å². The van der Waals surface area contributed by atoms with E-state index in [2.05, 4.69) is 20.9 Å². The number of methoxy groups -OCH3 is 1. The van der Waals surface area contributed by atoms with Gasteiger partial charge in [0.2, 0.25) is 5.91 Å². The molecule has 8 nitrogen and oxygen atoms in total. The van der Waals surface area contributed by atoms with Crippen LogP contribution < -0.4 is 25.6 Å². The van der Waals surface area contributed by atoms with Crippen LogP contribution in [0.2, 0.25) is 5.02 Å². The van der Waals surface area contributed by atoms with Crippen molar-refractivity contribution in [3.63, 3.8) is 0 Å². The van der Waals surface area contributed by atoms with Gasteiger partial charge in [-0.25, -0.2) is 13.8 Å². The van der Waals surface area contributed by atoms with Gasteiger partial charge in [0.15, 0.2) is 5.37 Å². The number of ether oxygens (including phenoxy) is 1. The number of hydrogen-bond donors (Lipinski definition) is 4. The lowest BCUT2D eigenvalue weighted by atomic mass is 10.1. The molecule has 2 atom stereocenters. The summed E-state index contributed by atoms with van der Waals surface area (Å²) in [7, 11) is -2.34. The topological polar surface area (TPSA) is 109 Å². The Morgan fingerprint density at radius 2 is 2.00 bits per heavy atom. The molecule has 0 spiro atoms. The van der Waals surface area contributed by atoms with Gasteiger partial charge in [-0.3, -0.25) is 14.9 Å². The van der Waals surface area contributed by atoms with Gasteiger partial charge in [-0.2, -0.15) is 0 Å². The molecule has 28 heavy (non-hydrogen) atoms. The average Bonchev–Trinajstić information content (AvgIpc) is 3.18. The van der Waals surface area contributed by atoms with E-state index < -0.39 is 21.3 Å². The van der Waals surface area contributed by atoms with Crippen molar-refractivity contribution >= 4 is 33.2 Å². The van der Waals surface area contributed by atoms with Crippen LogP contribution in [0.1, 0.15) is 5.56 Å². The van der Waals surface area contributed by atoms with Crippen LogP contribution in [-0.4, -0.2) is 33.4 Å². The van der Waals surface area contributed by atoms with Gasteiger partial charge in [-0.1, -0.05) is 23.7 Å². The highest BCUT2D eigenvalue weighted by molar-refractivity contribution is 7.93. The second-order valence-electron chi connectivity index (χ2n) is 6.28. The number of anilines is 1. The summed E-state index contributed by atoms with van der Waals surface area (Å²) in [6.45, 7) is 0.449. The van der Waals surface area contributed by atoms with E-state index >= 15 is 0 Å². The number of hydrogen-bond acceptors (Lipinski definition) is 6. The summed E-state index contributed by atoms with van der Waals surface area (Å²) >= 11 is 5.94. The molecule has 150 valence electrons. The van der Waals surface area contributed by atoms with E-state index in [9.17, 15) is 13.2 Å². The first-order chi connectivity index (χ1) is 13.4. The molecule has 0 bridgehead atoms. The van der Waals surface area contributed by atoms with Crippen molar-refractivity contribution in [3.05, 3.63) is 59.1 Å². The molecule has 2 aromatic carbocycles. The quantitative estimate of drug-likeness (QED) is 0.536. The molecule has 1 heterocycles. The highest BCUT2D eigenvalue weighted by Gasteiger charge is 2.41. The lowest BCUT2D eigenvalue weighted by molar-refractivity contribution is -0.124. The van der Waals surface area contributed by atoms with Crippen molar-refractivity contribution in [1.29, 1.82) is 0 Å². The molecule has 2 aromatic rings. The highest BCUT2D eigenvalue weighted by atomic mass is 35.5. The van der Waals surface area contributed by atoms with Gasteiger partial charge in [0, 0.05) is 23.8 Å². The Morgan fingerprint density at radius 3 is 2.68 bits per heavy atom. The van der Waals surface area contributed by atoms with E-state index in [4.69, 9.17) is 16.3 Å². The summed E-state index contributed by atoms with van der Waals surface area (Å²) in [5, 5.41) is 2.22. The molecule has 1 saturated heterocycles. The fourth-order valence-electron chi connectivity index (χ4n) is 2.86. The first-order valence-corrected chi connectivity index (χ1v) is 10.5. The number of carbonyl (C=O) groups excluding carboxylic acids is 1. The molecule has 4 N–H and O–H groups in total. The van der Waals surface area contributed by atoms with Gasteiger partial charge in [-0.05, 0) is 42.0 Å². The van der Waals surface area contributed by atoms with Gasteiger partial charge in [0.25, 0.3) is 10.0 Å². The minimum atomic E-state index is -3.86. The van der Waals surface area contributed by atoms with Crippen molar-refractivity contribution < 1.29 is 17.9 Å². The largest absolute Gasteiger partial charge is 0.497 e. The molecule has 3 rings (SSSR count). The number of rotatable bonds is 7. The molecule has 0 saturated carbocycles. The van der Waals surface area contributed by atoms with Crippen LogP contribution >= 0.6 is 11.6 Å². The first-order valence-electron chi connectivity index (χ1n) is 8.55. The first kappa shape index (κ1) is 20.4. The lowest BCUT2D eigenvalue weighted by Gasteiger charge is -2.19. The second-order valence-corrected chi connectivity index (χ2v) is 8.51. The Hall–Kier alpha value is -2.33. The van der Waals surface area contributed by atoms with E-state index in [-0.39, 0.29) is 19.0 Å². The van der Waals surface area contributed by atoms with Crippen molar-refractivity contribution in [2.75, 3.05) is 18.4 Å². The van der Waals surface area contributed by atoms with Crippen LogP contribution in [0.25, 0.3) is 0 Å². The smallest absolute Gasteiger partial charge is 0.250 e. The molecule has 1 amide bonds. The highest BCUT2D eigenvalue weighted by Crippen LogP contribution is 2.21. The molecule has 1 aliphatic heterocycles. The van der Waals surface area contributed by atoms with E-state index in [0.29, 0.717) is 16.5 Å². The minimum absolute atomic E-state index is 0.190. The molecule has 0 aromatic heterocycles. The standard InChI is InChI=1S/C18H21ClN4O4S/c1-27-15-7-5-14(6-8-15)23-28(25,26)18-16(11-21-22-18)17(24)20-10-12-3-2-4-13(19)9-12/h2-9,16,18,21-23H,10-11H2,1H3,(H,20,24). The third-order valence-electron chi connectivity index (χ3n) is 4.31. The molecule has 2 unspecified atom stereocenters. The Labute approximate surface area is 168 Å². The zero-order chi connectivity index (χ0) is 20.1. The van der Waals surface area contributed by atoms with E-state index in [1.54, 1.807) is 42.5 Å². The molecule has 1 fully saturated rings. The van der Waals surface area contributed by atoms with Crippen LogP contribution in [-0.2, 0) is 21.4 Å². The summed E-state index contributed by atoms with van der Waals surface area (Å²) in [5.74, 6) is -0.556. The summed E-state index contributed by atoms with van der Waals surface area (Å²) in [6, 6.07) is 13.6. The fraction of sp³-hybridized carbons (Fsp3) is 0.278. The fourth-order valence-corrected chi connectivity index (χ4v) is 4.55. The van der Waals surface area contributed by atoms with Gasteiger partial charge < -0.3 is 10.1 Å². The van der Waals surface area contributed by atoms with Crippen LogP contribution in [0.3, 0.4) is 0 Å². The number of benzene rings is 2. The van der Waals surface area contributed by atoms with Crippen LogP contribution in [0.4, 0.5) is 5.69 Å². The second kappa shape index (κ2) is 8.78. The van der Waals surface area contributed by atoms with Crippen LogP contribution in [0, 0.1) is 5.92 Å². The maximum Gasteiger partial charge on any atom is 0.250 e. The number of nitrogens with one attached hydrogen (secondary N) is 4. The third-order valence-corrected chi connectivity index (χ3v) is 6.18. The van der Waals surface area contributed by atoms with Crippen molar-refractivity contribution in [2.24, 2.45) is 5.92 Å². The van der Waals surface area contributed by atoms with E-state index in [0.717, 1.165) is 5.56 Å². The molecule has 0 radical (unpaired) electrons. The van der Waals surface area contributed by atoms with E-state index in [1.807, 2.05) is 6.07 Å². The summed E-state index contributed by atoms with van der Waals surface area (Å²) in [4.78, 5) is 12.6. The number of halogens is 1. The maximum absolute atomic E-state index is 12.7. The van der Waals surface area contributed by atoms with Crippen molar-refractivity contribution in [2.45, 2.75) is 11.9 Å². The molecule has 0 aliphatic carbocycles. The normalized spacial score (nSPS) is 19.2. The number of amides is 1. The number of sulfonamides is 1. The predicted molar refractivity (Wildman–Crippen MR) is 107 cm³/mol. The van der Waals surface area contributed by atoms with Gasteiger partial charge in [-0.15, -0.1) is 0 Å². The third kappa shape index (κ3) is 4.93. The summed E-state index contributed by atoms with van der Waals surface area (Å²) in [5.41, 5.74) is 6.63. The Balaban J connectivity index is 1.65. The Kier molecular flexibility index (Phi) is 6.40. The minimum Gasteiger partial charge on any atom is -0.497 e. The molecule has 10 heteroatoms. The monoisotopic (exact) mass is 424 g/mol. The average molecular weight is 425 g/mol. The molecule has 1 aliphatic rings. The summed E-state index contributed by atoms with van der Waals surface area (Å²) in [6.07, 6.45) is 0. The zero-order valence-corrected chi connectivity index (χ0v) is 16.7. The van der Waals surface area contributed by atoms with Crippen LogP contribution in [0.15, 0.2) is 48.5 Å². The zero-order valence-electron chi connectivity index (χ0n) is 15.1. The SMILES string of the molecule is COc1ccc(NS(=O)(=O)C2NNCC2C(=O)NCc2cccc(Cl)c2)cc1. The van der Waals surface area contributed by atoms with Gasteiger partial charge in [0.05, 0.1) is 13.0 Å². The van der Waals surface area contributed by atoms with Gasteiger partial charge >= 0.3 is 0 Å². The number of hydrazine groups is 1. The molecular formula is C18H21ClN4O4S. The Morgan fingerprint density at radius 1 is 1.25 bits per heavy atom. The van der Waals surface area contributed by atoms with Crippen molar-refractivity contribution in [1.82, 2.24) is 16.2 Å². The number of carbonyl (C=O) groups is 1. The predicted octanol–water partition coefficient (Wildman–Crippen LogP) is 1.46. The lowest BCUT2D eigenvalue weighted by Crippen LogP contribution is -2.46. The van der Waals surface area contributed by atoms with Crippen LogP contribution in [0.5, 0.6) is 5.75 Å².